The molecule has 334 valence electrons. The van der Waals surface area contributed by atoms with Crippen LogP contribution in [0.25, 0.3) is 88.0 Å². The van der Waals surface area contributed by atoms with Crippen LogP contribution in [0.3, 0.4) is 0 Å². The first-order chi connectivity index (χ1) is 35.2. The standard InChI is InChI=1S/C68H46N2O/c1-5-19-47(20-6-1)51-35-39-55(40-36-51)69(57-29-17-27-53(43-57)49-23-9-3-10-24-49)65-45-63-64-46-66(60-32-14-16-34-62(60)68(64)71-67(63)61-33-15-13-31-59(61)65)70(56-41-37-52(38-42-56)48-21-7-2-8-22-48)58-30-18-28-54(44-58)50-25-11-4-12-26-50/h1-46H. The Kier molecular flexibility index (Phi) is 10.5. The summed E-state index contributed by atoms with van der Waals surface area (Å²) in [4.78, 5) is 4.83. The lowest BCUT2D eigenvalue weighted by Crippen LogP contribution is -2.11. The van der Waals surface area contributed by atoms with Crippen molar-refractivity contribution in [3.63, 3.8) is 0 Å². The Morgan fingerprint density at radius 1 is 0.197 bits per heavy atom. The molecule has 0 aliphatic carbocycles. The van der Waals surface area contributed by atoms with Gasteiger partial charge in [-0.25, -0.2) is 0 Å². The molecule has 13 aromatic rings. The summed E-state index contributed by atoms with van der Waals surface area (Å²) >= 11 is 0. The van der Waals surface area contributed by atoms with Crippen LogP contribution >= 0.6 is 0 Å². The normalized spacial score (nSPS) is 11.4. The van der Waals surface area contributed by atoms with Gasteiger partial charge in [0, 0.05) is 55.1 Å². The summed E-state index contributed by atoms with van der Waals surface area (Å²) in [6.45, 7) is 0. The maximum atomic E-state index is 7.22. The third-order valence-corrected chi connectivity index (χ3v) is 13.8. The van der Waals surface area contributed by atoms with Gasteiger partial charge in [0.2, 0.25) is 0 Å². The van der Waals surface area contributed by atoms with Crippen molar-refractivity contribution in [2.24, 2.45) is 0 Å². The maximum Gasteiger partial charge on any atom is 0.143 e. The van der Waals surface area contributed by atoms with E-state index in [1.807, 2.05) is 0 Å². The second kappa shape index (κ2) is 17.9. The summed E-state index contributed by atoms with van der Waals surface area (Å²) in [5.74, 6) is 0. The molecule has 1 aromatic heterocycles. The topological polar surface area (TPSA) is 19.6 Å². The Balaban J connectivity index is 1.06. The van der Waals surface area contributed by atoms with Gasteiger partial charge in [0.05, 0.1) is 11.4 Å². The van der Waals surface area contributed by atoms with E-state index in [-0.39, 0.29) is 0 Å². The minimum Gasteiger partial charge on any atom is -0.455 e. The first kappa shape index (κ1) is 41.7. The summed E-state index contributed by atoms with van der Waals surface area (Å²) in [5.41, 5.74) is 17.4. The molecule has 13 rings (SSSR count). The molecule has 0 aliphatic heterocycles. The molecule has 0 spiro atoms. The molecule has 0 fully saturated rings. The molecule has 0 saturated heterocycles. The van der Waals surface area contributed by atoms with Crippen molar-refractivity contribution in [3.05, 3.63) is 279 Å². The first-order valence-electron chi connectivity index (χ1n) is 24.2. The van der Waals surface area contributed by atoms with Gasteiger partial charge in [0.25, 0.3) is 0 Å². The van der Waals surface area contributed by atoms with E-state index in [2.05, 4.69) is 289 Å². The predicted octanol–water partition coefficient (Wildman–Crippen LogP) is 19.5. The second-order valence-electron chi connectivity index (χ2n) is 18.1. The van der Waals surface area contributed by atoms with Crippen LogP contribution in [0.2, 0.25) is 0 Å². The number of nitrogens with zero attached hydrogens (tertiary/aromatic N) is 2. The fraction of sp³-hybridized carbons (Fsp3) is 0. The molecule has 12 aromatic carbocycles. The van der Waals surface area contributed by atoms with Crippen molar-refractivity contribution in [2.45, 2.75) is 0 Å². The Hall–Kier alpha value is -9.44. The van der Waals surface area contributed by atoms with E-state index < -0.39 is 0 Å². The average Bonchev–Trinajstić information content (AvgIpc) is 3.84. The highest BCUT2D eigenvalue weighted by atomic mass is 16.3. The Morgan fingerprint density at radius 3 is 0.859 bits per heavy atom. The molecule has 0 N–H and O–H groups in total. The second-order valence-corrected chi connectivity index (χ2v) is 18.1. The van der Waals surface area contributed by atoms with Crippen LogP contribution in [0, 0.1) is 0 Å². The number of rotatable bonds is 10. The lowest BCUT2D eigenvalue weighted by molar-refractivity contribution is 0.676. The van der Waals surface area contributed by atoms with Crippen LogP contribution in [-0.2, 0) is 0 Å². The fourth-order valence-electron chi connectivity index (χ4n) is 10.4. The van der Waals surface area contributed by atoms with Gasteiger partial charge in [-0.1, -0.05) is 218 Å². The van der Waals surface area contributed by atoms with E-state index in [0.717, 1.165) is 88.7 Å². The van der Waals surface area contributed by atoms with Gasteiger partial charge >= 0.3 is 0 Å². The molecule has 0 radical (unpaired) electrons. The van der Waals surface area contributed by atoms with E-state index in [0.29, 0.717) is 0 Å². The fourth-order valence-corrected chi connectivity index (χ4v) is 10.4. The van der Waals surface area contributed by atoms with E-state index in [9.17, 15) is 0 Å². The Morgan fingerprint density at radius 2 is 0.493 bits per heavy atom. The molecule has 3 nitrogen and oxygen atoms in total. The van der Waals surface area contributed by atoms with Crippen LogP contribution in [-0.4, -0.2) is 0 Å². The molecule has 1 heterocycles. The Labute approximate surface area is 413 Å². The zero-order valence-corrected chi connectivity index (χ0v) is 38.9. The molecule has 0 unspecified atom stereocenters. The number of furan rings is 1. The first-order valence-corrected chi connectivity index (χ1v) is 24.2. The lowest BCUT2D eigenvalue weighted by atomic mass is 9.98. The zero-order chi connectivity index (χ0) is 47.1. The van der Waals surface area contributed by atoms with E-state index in [1.54, 1.807) is 0 Å². The molecule has 0 bridgehead atoms. The van der Waals surface area contributed by atoms with Gasteiger partial charge in [-0.05, 0) is 105 Å². The molecule has 0 aliphatic rings. The summed E-state index contributed by atoms with van der Waals surface area (Å²) in [5, 5.41) is 6.38. The highest BCUT2D eigenvalue weighted by molar-refractivity contribution is 6.25. The van der Waals surface area contributed by atoms with Gasteiger partial charge in [-0.15, -0.1) is 0 Å². The van der Waals surface area contributed by atoms with Crippen LogP contribution in [0.4, 0.5) is 34.1 Å². The van der Waals surface area contributed by atoms with Crippen molar-refractivity contribution in [3.8, 4) is 44.5 Å². The van der Waals surface area contributed by atoms with Crippen molar-refractivity contribution in [1.29, 1.82) is 0 Å². The SMILES string of the molecule is c1ccc(-c2ccc(N(c3cccc(-c4ccccc4)c3)c3cc4c5cc(N(c6ccc(-c7ccccc7)cc6)c6cccc(-c7ccccc7)c6)c6ccccc6c5oc4c4ccccc34)cc2)cc1. The summed E-state index contributed by atoms with van der Waals surface area (Å²) in [6, 6.07) is 100. The van der Waals surface area contributed by atoms with E-state index in [4.69, 9.17) is 4.42 Å². The summed E-state index contributed by atoms with van der Waals surface area (Å²) in [7, 11) is 0. The van der Waals surface area contributed by atoms with Gasteiger partial charge in [0.1, 0.15) is 11.2 Å². The molecular weight excluding hydrogens is 861 g/mol. The van der Waals surface area contributed by atoms with E-state index in [1.165, 1.54) is 33.4 Å². The van der Waals surface area contributed by atoms with E-state index >= 15 is 0 Å². The highest BCUT2D eigenvalue weighted by Gasteiger charge is 2.25. The van der Waals surface area contributed by atoms with Crippen molar-refractivity contribution >= 4 is 77.6 Å². The average molecular weight is 907 g/mol. The molecule has 71 heavy (non-hydrogen) atoms. The summed E-state index contributed by atoms with van der Waals surface area (Å²) in [6.07, 6.45) is 0. The van der Waals surface area contributed by atoms with Crippen LogP contribution < -0.4 is 9.80 Å². The summed E-state index contributed by atoms with van der Waals surface area (Å²) < 4.78 is 7.22. The zero-order valence-electron chi connectivity index (χ0n) is 38.9. The predicted molar refractivity (Wildman–Crippen MR) is 300 cm³/mol. The molecule has 0 saturated carbocycles. The molecule has 0 atom stereocenters. The lowest BCUT2D eigenvalue weighted by Gasteiger charge is -2.28. The largest absolute Gasteiger partial charge is 0.455 e. The number of anilines is 6. The minimum atomic E-state index is 0.865. The third kappa shape index (κ3) is 7.67. The minimum absolute atomic E-state index is 0.865. The van der Waals surface area contributed by atoms with Crippen LogP contribution in [0.5, 0.6) is 0 Å². The highest BCUT2D eigenvalue weighted by Crippen LogP contribution is 2.49. The maximum absolute atomic E-state index is 7.22. The number of benzene rings is 12. The number of fused-ring (bicyclic) bond motifs is 7. The Bertz CT molecular complexity index is 3750. The van der Waals surface area contributed by atoms with Crippen molar-refractivity contribution in [1.82, 2.24) is 0 Å². The number of hydrogen-bond donors (Lipinski definition) is 0. The molecule has 0 amide bonds. The van der Waals surface area contributed by atoms with Gasteiger partial charge < -0.3 is 14.2 Å². The number of hydrogen-bond acceptors (Lipinski definition) is 3. The molecular formula is C68H46N2O. The smallest absolute Gasteiger partial charge is 0.143 e. The third-order valence-electron chi connectivity index (χ3n) is 13.8. The van der Waals surface area contributed by atoms with Crippen LogP contribution in [0.15, 0.2) is 283 Å². The van der Waals surface area contributed by atoms with Crippen molar-refractivity contribution < 1.29 is 4.42 Å². The van der Waals surface area contributed by atoms with Gasteiger partial charge in [-0.3, -0.25) is 0 Å². The quantitative estimate of drug-likeness (QED) is 0.136. The van der Waals surface area contributed by atoms with Crippen molar-refractivity contribution in [2.75, 3.05) is 9.80 Å². The van der Waals surface area contributed by atoms with Crippen LogP contribution in [0.1, 0.15) is 0 Å². The van der Waals surface area contributed by atoms with Gasteiger partial charge in [0.15, 0.2) is 0 Å². The monoisotopic (exact) mass is 906 g/mol. The molecule has 3 heteroatoms. The van der Waals surface area contributed by atoms with Gasteiger partial charge in [-0.2, -0.15) is 0 Å².